The molecule has 0 aromatic heterocycles. The lowest BCUT2D eigenvalue weighted by molar-refractivity contribution is -0.118. The largest absolute Gasteiger partial charge is 0.465 e. The van der Waals surface area contributed by atoms with E-state index >= 15 is 0 Å². The van der Waals surface area contributed by atoms with Gasteiger partial charge in [-0.2, -0.15) is 0 Å². The molecule has 0 aliphatic carbocycles. The number of benzene rings is 3. The molecule has 54 heavy (non-hydrogen) atoms. The maximum atomic E-state index is 14.4. The molecule has 2 unspecified atom stereocenters. The summed E-state index contributed by atoms with van der Waals surface area (Å²) in [6.45, 7) is 8.96. The summed E-state index contributed by atoms with van der Waals surface area (Å²) in [6.07, 6.45) is 1.83. The molecule has 292 valence electrons. The average molecular weight is 763 g/mol. The zero-order valence-corrected chi connectivity index (χ0v) is 32.8. The fourth-order valence-corrected chi connectivity index (χ4v) is 7.72. The van der Waals surface area contributed by atoms with E-state index < -0.39 is 29.7 Å². The second kappa shape index (κ2) is 18.6. The minimum absolute atomic E-state index is 0.0402. The Kier molecular flexibility index (Phi) is 14.5. The van der Waals surface area contributed by atoms with Crippen LogP contribution < -0.4 is 16.4 Å². The highest BCUT2D eigenvalue weighted by Gasteiger charge is 2.43. The lowest BCUT2D eigenvalue weighted by Crippen LogP contribution is -2.48. The second-order valence-corrected chi connectivity index (χ2v) is 15.7. The number of piperidine rings is 1. The Bertz CT molecular complexity index is 1810. The fourth-order valence-electron chi connectivity index (χ4n) is 7.43. The number of halogens is 1. The van der Waals surface area contributed by atoms with Crippen LogP contribution in [0.25, 0.3) is 11.1 Å². The van der Waals surface area contributed by atoms with Crippen molar-refractivity contribution in [1.29, 1.82) is 0 Å². The predicted octanol–water partition coefficient (Wildman–Crippen LogP) is 7.09. The molecule has 1 aliphatic rings. The van der Waals surface area contributed by atoms with Gasteiger partial charge in [0.25, 0.3) is 5.91 Å². The molecule has 0 spiro atoms. The number of carboxylic acid groups (broad SMARTS) is 1. The summed E-state index contributed by atoms with van der Waals surface area (Å²) in [5.41, 5.74) is 9.05. The number of hydrogen-bond donors (Lipinski definition) is 5. The van der Waals surface area contributed by atoms with Crippen molar-refractivity contribution in [1.82, 2.24) is 15.5 Å². The Hall–Kier alpha value is -4.61. The number of rotatable bonds is 15. The number of hydrogen-bond acceptors (Lipinski definition) is 6. The summed E-state index contributed by atoms with van der Waals surface area (Å²) < 4.78 is 4.75. The molecule has 0 bridgehead atoms. The summed E-state index contributed by atoms with van der Waals surface area (Å²) in [5, 5.41) is 28.3. The molecule has 1 saturated heterocycles. The molecule has 3 atom stereocenters. The Labute approximate surface area is 323 Å². The van der Waals surface area contributed by atoms with Gasteiger partial charge in [0.1, 0.15) is 0 Å². The number of amides is 4. The van der Waals surface area contributed by atoms with E-state index in [4.69, 9.17) is 22.1 Å². The summed E-state index contributed by atoms with van der Waals surface area (Å²) in [7, 11) is 1.30. The van der Waals surface area contributed by atoms with Crippen LogP contribution in [-0.4, -0.2) is 71.9 Å². The standard InChI is InChI=1S/C42H55ClN4O7/c1-6-27-11-7-12-30(23-27)37-33(14-8-15-34(37)43)42(53,20-10-21-45-40(52)54-5)31-13-9-22-47(26-31)38(49)32-18-16-28(24-29(32)17-19-36(44)48)25-35(41(2,3)4)46-39(50)51/h7-8,11-12,14-16,18,23-24,31,35,46,53H,6,9-10,13,17,19-22,25-26H2,1-5H3,(H2,44,48)(H,45,52)(H,50,51)/t31-,35?,42?/m1/s1. The summed E-state index contributed by atoms with van der Waals surface area (Å²) in [4.78, 5) is 51.6. The first-order valence-electron chi connectivity index (χ1n) is 18.7. The lowest BCUT2D eigenvalue weighted by atomic mass is 9.72. The Morgan fingerprint density at radius 2 is 1.80 bits per heavy atom. The molecule has 4 amide bonds. The zero-order chi connectivity index (χ0) is 39.6. The zero-order valence-electron chi connectivity index (χ0n) is 32.0. The molecular formula is C42H55ClN4O7. The number of nitrogens with zero attached hydrogens (tertiary/aromatic N) is 1. The topological polar surface area (TPSA) is 171 Å². The van der Waals surface area contributed by atoms with E-state index in [-0.39, 0.29) is 49.6 Å². The van der Waals surface area contributed by atoms with Crippen LogP contribution in [0.2, 0.25) is 5.02 Å². The van der Waals surface area contributed by atoms with Crippen molar-refractivity contribution in [2.24, 2.45) is 17.1 Å². The van der Waals surface area contributed by atoms with Crippen LogP contribution in [0.1, 0.15) is 92.4 Å². The minimum atomic E-state index is -1.43. The fraction of sp³-hybridized carbons (Fsp3) is 0.476. The van der Waals surface area contributed by atoms with Crippen molar-refractivity contribution in [3.05, 3.63) is 93.5 Å². The molecule has 1 fully saturated rings. The molecular weight excluding hydrogens is 708 g/mol. The van der Waals surface area contributed by atoms with Gasteiger partial charge >= 0.3 is 12.2 Å². The van der Waals surface area contributed by atoms with Crippen molar-refractivity contribution < 1.29 is 34.1 Å². The highest BCUT2D eigenvalue weighted by molar-refractivity contribution is 6.33. The van der Waals surface area contributed by atoms with E-state index in [2.05, 4.69) is 29.7 Å². The first-order chi connectivity index (χ1) is 25.6. The smallest absolute Gasteiger partial charge is 0.406 e. The Balaban J connectivity index is 1.72. The van der Waals surface area contributed by atoms with Crippen molar-refractivity contribution in [2.45, 2.75) is 90.7 Å². The van der Waals surface area contributed by atoms with Crippen molar-refractivity contribution in [3.8, 4) is 11.1 Å². The number of nitrogens with one attached hydrogen (secondary N) is 2. The first kappa shape index (κ1) is 42.1. The molecule has 3 aromatic rings. The van der Waals surface area contributed by atoms with Crippen LogP contribution in [0.4, 0.5) is 9.59 Å². The number of aliphatic hydroxyl groups is 1. The molecule has 1 aliphatic heterocycles. The molecule has 6 N–H and O–H groups in total. The SMILES string of the molecule is CCc1cccc(-c2c(Cl)cccc2C(O)(CCCNC(=O)OC)[C@@H]2CCCN(C(=O)c3ccc(CC(NC(=O)O)C(C)(C)C)cc3CCC(N)=O)C2)c1. The van der Waals surface area contributed by atoms with Gasteiger partial charge in [-0.05, 0) is 90.3 Å². The molecule has 0 saturated carbocycles. The Morgan fingerprint density at radius 1 is 1.06 bits per heavy atom. The number of likely N-dealkylation sites (tertiary alicyclic amines) is 1. The lowest BCUT2D eigenvalue weighted by Gasteiger charge is -2.44. The third-order valence-corrected chi connectivity index (χ3v) is 10.8. The third-order valence-electron chi connectivity index (χ3n) is 10.5. The van der Waals surface area contributed by atoms with E-state index in [1.807, 2.05) is 63.2 Å². The average Bonchev–Trinajstić information content (AvgIpc) is 3.14. The normalized spacial score (nSPS) is 16.2. The van der Waals surface area contributed by atoms with Gasteiger partial charge < -0.3 is 36.2 Å². The number of primary amides is 1. The quantitative estimate of drug-likeness (QED) is 0.103. The van der Waals surface area contributed by atoms with Crippen molar-refractivity contribution in [3.63, 3.8) is 0 Å². The van der Waals surface area contributed by atoms with E-state index in [0.717, 1.165) is 28.7 Å². The van der Waals surface area contributed by atoms with Crippen LogP contribution in [-0.2, 0) is 34.4 Å². The predicted molar refractivity (Wildman–Crippen MR) is 210 cm³/mol. The van der Waals surface area contributed by atoms with Gasteiger partial charge in [-0.3, -0.25) is 9.59 Å². The molecule has 12 heteroatoms. The molecule has 3 aromatic carbocycles. The number of carbonyl (C=O) groups excluding carboxylic acids is 3. The number of methoxy groups -OCH3 is 1. The summed E-state index contributed by atoms with van der Waals surface area (Å²) >= 11 is 6.93. The maximum absolute atomic E-state index is 14.4. The van der Waals surface area contributed by atoms with E-state index in [9.17, 15) is 29.4 Å². The van der Waals surface area contributed by atoms with Crippen molar-refractivity contribution in [2.75, 3.05) is 26.7 Å². The van der Waals surface area contributed by atoms with Crippen LogP contribution in [0, 0.1) is 11.3 Å². The highest BCUT2D eigenvalue weighted by Crippen LogP contribution is 2.46. The van der Waals surface area contributed by atoms with Gasteiger partial charge in [-0.25, -0.2) is 9.59 Å². The number of nitrogens with two attached hydrogens (primary N) is 1. The number of carbonyl (C=O) groups is 4. The number of aryl methyl sites for hydroxylation is 2. The summed E-state index contributed by atoms with van der Waals surface area (Å²) in [6, 6.07) is 18.7. The van der Waals surface area contributed by atoms with Gasteiger partial charge in [-0.1, -0.05) is 87.8 Å². The monoisotopic (exact) mass is 762 g/mol. The van der Waals surface area contributed by atoms with Gasteiger partial charge in [0, 0.05) is 54.2 Å². The van der Waals surface area contributed by atoms with Crippen LogP contribution in [0.5, 0.6) is 0 Å². The molecule has 0 radical (unpaired) electrons. The summed E-state index contributed by atoms with van der Waals surface area (Å²) in [5.74, 6) is -1.10. The first-order valence-corrected chi connectivity index (χ1v) is 19.1. The Morgan fingerprint density at radius 3 is 2.46 bits per heavy atom. The maximum Gasteiger partial charge on any atom is 0.406 e. The van der Waals surface area contributed by atoms with Gasteiger partial charge in [0.2, 0.25) is 5.91 Å². The number of ether oxygens (including phenoxy) is 1. The van der Waals surface area contributed by atoms with E-state index in [0.29, 0.717) is 53.9 Å². The van der Waals surface area contributed by atoms with E-state index in [1.165, 1.54) is 7.11 Å². The van der Waals surface area contributed by atoms with Gasteiger partial charge in [0.15, 0.2) is 0 Å². The van der Waals surface area contributed by atoms with Crippen molar-refractivity contribution >= 4 is 35.6 Å². The minimum Gasteiger partial charge on any atom is -0.465 e. The third kappa shape index (κ3) is 10.8. The van der Waals surface area contributed by atoms with Gasteiger partial charge in [0.05, 0.1) is 12.7 Å². The van der Waals surface area contributed by atoms with Crippen LogP contribution >= 0.6 is 11.6 Å². The van der Waals surface area contributed by atoms with Crippen LogP contribution in [0.3, 0.4) is 0 Å². The molecule has 4 rings (SSSR count). The van der Waals surface area contributed by atoms with E-state index in [1.54, 1.807) is 11.0 Å². The highest BCUT2D eigenvalue weighted by atomic mass is 35.5. The second-order valence-electron chi connectivity index (χ2n) is 15.3. The van der Waals surface area contributed by atoms with Gasteiger partial charge in [-0.15, -0.1) is 0 Å². The molecule has 11 nitrogen and oxygen atoms in total. The molecule has 1 heterocycles. The number of alkyl carbamates (subject to hydrolysis) is 1. The van der Waals surface area contributed by atoms with Crippen LogP contribution in [0.15, 0.2) is 60.7 Å².